The summed E-state index contributed by atoms with van der Waals surface area (Å²) in [5.74, 6) is 1.87. The van der Waals surface area contributed by atoms with Crippen LogP contribution >= 0.6 is 11.3 Å². The Hall–Kier alpha value is -1.92. The number of hydrogen-bond acceptors (Lipinski definition) is 6. The molecule has 0 radical (unpaired) electrons. The van der Waals surface area contributed by atoms with Gasteiger partial charge in [-0.2, -0.15) is 0 Å². The maximum atomic E-state index is 5.85. The molecule has 0 aliphatic heterocycles. The molecule has 0 amide bonds. The van der Waals surface area contributed by atoms with Crippen molar-refractivity contribution in [2.45, 2.75) is 13.2 Å². The third-order valence-electron chi connectivity index (χ3n) is 2.46. The molecule has 0 bridgehead atoms. The standard InChI is InChI=1S/C12H11N3O2S/c13-11-9-3-5-18-12(9)15-10(14-11)7-16-6-8-2-1-4-17-8/h1-5H,6-7H2,(H2,13,14,15). The summed E-state index contributed by atoms with van der Waals surface area (Å²) in [6, 6.07) is 5.60. The van der Waals surface area contributed by atoms with Gasteiger partial charge in [0, 0.05) is 0 Å². The van der Waals surface area contributed by atoms with E-state index in [4.69, 9.17) is 14.9 Å². The maximum absolute atomic E-state index is 5.85. The molecule has 0 fully saturated rings. The van der Waals surface area contributed by atoms with Crippen LogP contribution in [0.3, 0.4) is 0 Å². The second-order valence-corrected chi connectivity index (χ2v) is 4.63. The summed E-state index contributed by atoms with van der Waals surface area (Å²) in [6.45, 7) is 0.720. The third-order valence-corrected chi connectivity index (χ3v) is 3.26. The first-order chi connectivity index (χ1) is 8.83. The lowest BCUT2D eigenvalue weighted by Gasteiger charge is -2.03. The van der Waals surface area contributed by atoms with Crippen molar-refractivity contribution in [1.82, 2.24) is 9.97 Å². The molecule has 18 heavy (non-hydrogen) atoms. The van der Waals surface area contributed by atoms with Crippen LogP contribution in [0, 0.1) is 0 Å². The van der Waals surface area contributed by atoms with Gasteiger partial charge in [-0.3, -0.25) is 0 Å². The van der Waals surface area contributed by atoms with Gasteiger partial charge in [0.25, 0.3) is 0 Å². The van der Waals surface area contributed by atoms with Crippen LogP contribution in [0.2, 0.25) is 0 Å². The fourth-order valence-electron chi connectivity index (χ4n) is 1.63. The van der Waals surface area contributed by atoms with Crippen molar-refractivity contribution >= 4 is 27.4 Å². The first-order valence-electron chi connectivity index (χ1n) is 5.42. The molecular formula is C12H11N3O2S. The lowest BCUT2D eigenvalue weighted by atomic mass is 10.4. The van der Waals surface area contributed by atoms with Crippen molar-refractivity contribution in [2.24, 2.45) is 0 Å². The average molecular weight is 261 g/mol. The van der Waals surface area contributed by atoms with E-state index in [1.54, 1.807) is 17.6 Å². The first kappa shape index (κ1) is 11.2. The first-order valence-corrected chi connectivity index (χ1v) is 6.30. The van der Waals surface area contributed by atoms with Gasteiger partial charge in [-0.05, 0) is 23.6 Å². The summed E-state index contributed by atoms with van der Waals surface area (Å²) in [7, 11) is 0. The Labute approximate surface area is 107 Å². The Morgan fingerprint density at radius 2 is 2.22 bits per heavy atom. The molecule has 5 nitrogen and oxygen atoms in total. The SMILES string of the molecule is Nc1nc(COCc2ccco2)nc2sccc12. The summed E-state index contributed by atoms with van der Waals surface area (Å²) in [5.41, 5.74) is 5.85. The van der Waals surface area contributed by atoms with E-state index in [1.165, 1.54) is 0 Å². The molecule has 0 saturated heterocycles. The molecule has 3 aromatic heterocycles. The fourth-order valence-corrected chi connectivity index (χ4v) is 2.42. The second kappa shape index (κ2) is 4.75. The van der Waals surface area contributed by atoms with E-state index in [0.29, 0.717) is 24.9 Å². The van der Waals surface area contributed by atoms with Crippen LogP contribution in [-0.2, 0) is 18.0 Å². The van der Waals surface area contributed by atoms with Crippen molar-refractivity contribution in [2.75, 3.05) is 5.73 Å². The van der Waals surface area contributed by atoms with E-state index in [0.717, 1.165) is 16.0 Å². The summed E-state index contributed by atoms with van der Waals surface area (Å²) >= 11 is 1.54. The van der Waals surface area contributed by atoms with Crippen LogP contribution in [0.15, 0.2) is 34.3 Å². The normalized spacial score (nSPS) is 11.1. The van der Waals surface area contributed by atoms with Crippen molar-refractivity contribution in [3.63, 3.8) is 0 Å². The fraction of sp³-hybridized carbons (Fsp3) is 0.167. The zero-order valence-corrected chi connectivity index (χ0v) is 10.3. The van der Waals surface area contributed by atoms with E-state index in [-0.39, 0.29) is 0 Å². The summed E-state index contributed by atoms with van der Waals surface area (Å²) in [6.07, 6.45) is 1.62. The van der Waals surface area contributed by atoms with Gasteiger partial charge in [0.15, 0.2) is 5.82 Å². The minimum absolute atomic E-state index is 0.318. The van der Waals surface area contributed by atoms with E-state index in [9.17, 15) is 0 Å². The van der Waals surface area contributed by atoms with Crippen LogP contribution < -0.4 is 5.73 Å². The molecule has 3 rings (SSSR count). The molecular weight excluding hydrogens is 250 g/mol. The average Bonchev–Trinajstić information content (AvgIpc) is 2.99. The number of fused-ring (bicyclic) bond motifs is 1. The van der Waals surface area contributed by atoms with Gasteiger partial charge >= 0.3 is 0 Å². The molecule has 3 aromatic rings. The molecule has 0 saturated carbocycles. The Bertz CT molecular complexity index is 648. The number of nitrogens with two attached hydrogens (primary N) is 1. The molecule has 0 aliphatic rings. The number of rotatable bonds is 4. The number of ether oxygens (including phenoxy) is 1. The number of thiophene rings is 1. The van der Waals surface area contributed by atoms with Crippen molar-refractivity contribution in [1.29, 1.82) is 0 Å². The molecule has 0 aromatic carbocycles. The minimum Gasteiger partial charge on any atom is -0.467 e. The highest BCUT2D eigenvalue weighted by Crippen LogP contribution is 2.23. The maximum Gasteiger partial charge on any atom is 0.158 e. The molecule has 6 heteroatoms. The number of nitrogen functional groups attached to an aromatic ring is 1. The lowest BCUT2D eigenvalue weighted by molar-refractivity contribution is 0.0884. The molecule has 0 aliphatic carbocycles. The topological polar surface area (TPSA) is 74.2 Å². The number of nitrogens with zero attached hydrogens (tertiary/aromatic N) is 2. The smallest absolute Gasteiger partial charge is 0.158 e. The van der Waals surface area contributed by atoms with E-state index >= 15 is 0 Å². The minimum atomic E-state index is 0.318. The van der Waals surface area contributed by atoms with Gasteiger partial charge in [-0.1, -0.05) is 0 Å². The highest BCUT2D eigenvalue weighted by atomic mass is 32.1. The van der Waals surface area contributed by atoms with Crippen LogP contribution in [-0.4, -0.2) is 9.97 Å². The lowest BCUT2D eigenvalue weighted by Crippen LogP contribution is -2.02. The Kier molecular flexibility index (Phi) is 2.95. The highest BCUT2D eigenvalue weighted by Gasteiger charge is 2.06. The summed E-state index contributed by atoms with van der Waals surface area (Å²) in [5, 5.41) is 2.85. The van der Waals surface area contributed by atoms with Crippen LogP contribution in [0.5, 0.6) is 0 Å². The van der Waals surface area contributed by atoms with Crippen LogP contribution in [0.4, 0.5) is 5.82 Å². The molecule has 3 heterocycles. The Balaban J connectivity index is 1.70. The highest BCUT2D eigenvalue weighted by molar-refractivity contribution is 7.16. The molecule has 2 N–H and O–H groups in total. The largest absolute Gasteiger partial charge is 0.467 e. The number of anilines is 1. The van der Waals surface area contributed by atoms with Crippen molar-refractivity contribution in [3.8, 4) is 0 Å². The summed E-state index contributed by atoms with van der Waals surface area (Å²) < 4.78 is 10.6. The quantitative estimate of drug-likeness (QED) is 0.781. The van der Waals surface area contributed by atoms with Gasteiger partial charge in [-0.25, -0.2) is 9.97 Å². The second-order valence-electron chi connectivity index (χ2n) is 3.74. The molecule has 0 unspecified atom stereocenters. The molecule has 92 valence electrons. The van der Waals surface area contributed by atoms with Gasteiger partial charge in [-0.15, -0.1) is 11.3 Å². The monoisotopic (exact) mass is 261 g/mol. The van der Waals surface area contributed by atoms with Gasteiger partial charge in [0.1, 0.15) is 29.6 Å². The van der Waals surface area contributed by atoms with Crippen molar-refractivity contribution in [3.05, 3.63) is 41.4 Å². The van der Waals surface area contributed by atoms with E-state index in [2.05, 4.69) is 9.97 Å². The van der Waals surface area contributed by atoms with Gasteiger partial charge in [0.05, 0.1) is 11.6 Å². The van der Waals surface area contributed by atoms with Crippen molar-refractivity contribution < 1.29 is 9.15 Å². The van der Waals surface area contributed by atoms with E-state index in [1.807, 2.05) is 23.6 Å². The number of furan rings is 1. The van der Waals surface area contributed by atoms with Gasteiger partial charge < -0.3 is 14.9 Å². The zero-order valence-electron chi connectivity index (χ0n) is 9.50. The third kappa shape index (κ3) is 2.20. The van der Waals surface area contributed by atoms with Crippen LogP contribution in [0.1, 0.15) is 11.6 Å². The Morgan fingerprint density at radius 3 is 3.06 bits per heavy atom. The van der Waals surface area contributed by atoms with Gasteiger partial charge in [0.2, 0.25) is 0 Å². The predicted molar refractivity (Wildman–Crippen MR) is 69.0 cm³/mol. The van der Waals surface area contributed by atoms with E-state index < -0.39 is 0 Å². The Morgan fingerprint density at radius 1 is 1.28 bits per heavy atom. The predicted octanol–water partition coefficient (Wildman–Crippen LogP) is 2.58. The van der Waals surface area contributed by atoms with Crippen LogP contribution in [0.25, 0.3) is 10.2 Å². The number of aromatic nitrogens is 2. The summed E-state index contributed by atoms with van der Waals surface area (Å²) in [4.78, 5) is 9.48. The zero-order chi connectivity index (χ0) is 12.4. The molecule has 0 atom stereocenters. The molecule has 0 spiro atoms. The number of hydrogen-bond donors (Lipinski definition) is 1.